The molecule has 0 saturated heterocycles. The summed E-state index contributed by atoms with van der Waals surface area (Å²) in [5.41, 5.74) is 1.75. The zero-order valence-electron chi connectivity index (χ0n) is 15.1. The average molecular weight is 408 g/mol. The number of hydrogen-bond acceptors (Lipinski definition) is 6. The van der Waals surface area contributed by atoms with Crippen LogP contribution in [-0.2, 0) is 11.3 Å². The Morgan fingerprint density at radius 2 is 2.18 bits per heavy atom. The Morgan fingerprint density at radius 3 is 2.93 bits per heavy atom. The number of benzene rings is 1. The van der Waals surface area contributed by atoms with Crippen LogP contribution < -0.4 is 9.64 Å². The van der Waals surface area contributed by atoms with Crippen LogP contribution in [0.25, 0.3) is 16.3 Å². The first-order valence-electron chi connectivity index (χ1n) is 8.59. The summed E-state index contributed by atoms with van der Waals surface area (Å²) in [6.07, 6.45) is 6.91. The molecule has 0 bridgehead atoms. The van der Waals surface area contributed by atoms with Crippen molar-refractivity contribution < 1.29 is 9.53 Å². The number of methoxy groups -OCH3 is 1. The summed E-state index contributed by atoms with van der Waals surface area (Å²) in [6, 6.07) is 13.5. The van der Waals surface area contributed by atoms with Crippen molar-refractivity contribution in [1.29, 1.82) is 0 Å². The fourth-order valence-electron chi connectivity index (χ4n) is 2.68. The Balaban J connectivity index is 1.68. The molecule has 5 nitrogen and oxygen atoms in total. The van der Waals surface area contributed by atoms with Gasteiger partial charge in [0.2, 0.25) is 0 Å². The van der Waals surface area contributed by atoms with Crippen LogP contribution in [-0.4, -0.2) is 23.0 Å². The first-order chi connectivity index (χ1) is 13.7. The van der Waals surface area contributed by atoms with Crippen molar-refractivity contribution in [1.82, 2.24) is 9.97 Å². The second-order valence-corrected chi connectivity index (χ2v) is 7.95. The van der Waals surface area contributed by atoms with Gasteiger partial charge in [-0.15, -0.1) is 11.3 Å². The number of thiazole rings is 1. The molecule has 0 spiro atoms. The van der Waals surface area contributed by atoms with Crippen LogP contribution >= 0.6 is 22.7 Å². The van der Waals surface area contributed by atoms with E-state index >= 15 is 0 Å². The van der Waals surface area contributed by atoms with Crippen molar-refractivity contribution in [3.8, 4) is 5.75 Å². The maximum atomic E-state index is 13.0. The third kappa shape index (κ3) is 4.11. The highest BCUT2D eigenvalue weighted by atomic mass is 32.1. The summed E-state index contributed by atoms with van der Waals surface area (Å²) in [7, 11) is 1.63. The minimum atomic E-state index is -0.122. The number of fused-ring (bicyclic) bond motifs is 1. The number of thiophene rings is 1. The van der Waals surface area contributed by atoms with E-state index in [1.807, 2.05) is 53.9 Å². The van der Waals surface area contributed by atoms with Crippen molar-refractivity contribution in [2.45, 2.75) is 6.54 Å². The van der Waals surface area contributed by atoms with Gasteiger partial charge in [-0.2, -0.15) is 0 Å². The molecule has 1 amide bonds. The van der Waals surface area contributed by atoms with Gasteiger partial charge in [0.05, 0.1) is 23.9 Å². The number of anilines is 1. The van der Waals surface area contributed by atoms with Crippen molar-refractivity contribution in [3.05, 3.63) is 76.8 Å². The van der Waals surface area contributed by atoms with Gasteiger partial charge >= 0.3 is 0 Å². The second-order valence-electron chi connectivity index (χ2n) is 5.96. The Hall–Kier alpha value is -3.03. The lowest BCUT2D eigenvalue weighted by Gasteiger charge is -2.18. The molecule has 0 aliphatic carbocycles. The zero-order chi connectivity index (χ0) is 19.3. The SMILES string of the molecule is COc1ccc2sc(N(Cc3cccnc3)C(=O)C=Cc3cccs3)nc2c1. The summed E-state index contributed by atoms with van der Waals surface area (Å²) in [4.78, 5) is 24.5. The number of nitrogens with zero attached hydrogens (tertiary/aromatic N) is 3. The van der Waals surface area contributed by atoms with Gasteiger partial charge in [0.1, 0.15) is 5.75 Å². The van der Waals surface area contributed by atoms with E-state index in [4.69, 9.17) is 4.74 Å². The van der Waals surface area contributed by atoms with E-state index in [9.17, 15) is 4.79 Å². The lowest BCUT2D eigenvalue weighted by Crippen LogP contribution is -2.28. The number of hydrogen-bond donors (Lipinski definition) is 0. The zero-order valence-corrected chi connectivity index (χ0v) is 16.7. The number of aromatic nitrogens is 2. The van der Waals surface area contributed by atoms with Crippen molar-refractivity contribution in [2.24, 2.45) is 0 Å². The molecule has 3 heterocycles. The van der Waals surface area contributed by atoms with Gasteiger partial charge in [-0.25, -0.2) is 4.98 Å². The maximum absolute atomic E-state index is 13.0. The molecule has 0 atom stereocenters. The van der Waals surface area contributed by atoms with Crippen molar-refractivity contribution in [3.63, 3.8) is 0 Å². The van der Waals surface area contributed by atoms with Crippen LogP contribution in [0, 0.1) is 0 Å². The molecule has 0 fully saturated rings. The van der Waals surface area contributed by atoms with E-state index in [0.717, 1.165) is 26.4 Å². The Kier molecular flexibility index (Phi) is 5.45. The van der Waals surface area contributed by atoms with E-state index in [2.05, 4.69) is 9.97 Å². The molecule has 1 aromatic carbocycles. The van der Waals surface area contributed by atoms with Crippen LogP contribution in [0.1, 0.15) is 10.4 Å². The molecule has 0 saturated carbocycles. The summed E-state index contributed by atoms with van der Waals surface area (Å²) < 4.78 is 6.28. The average Bonchev–Trinajstić information content (AvgIpc) is 3.39. The summed E-state index contributed by atoms with van der Waals surface area (Å²) in [6.45, 7) is 0.401. The monoisotopic (exact) mass is 407 g/mol. The first-order valence-corrected chi connectivity index (χ1v) is 10.3. The van der Waals surface area contributed by atoms with Crippen LogP contribution in [0.2, 0.25) is 0 Å². The van der Waals surface area contributed by atoms with Gasteiger partial charge in [-0.3, -0.25) is 14.7 Å². The number of pyridine rings is 1. The molecule has 28 heavy (non-hydrogen) atoms. The fourth-order valence-corrected chi connectivity index (χ4v) is 4.25. The van der Waals surface area contributed by atoms with Crippen LogP contribution in [0.5, 0.6) is 5.75 Å². The summed E-state index contributed by atoms with van der Waals surface area (Å²) in [5.74, 6) is 0.621. The molecule has 0 N–H and O–H groups in total. The van der Waals surface area contributed by atoms with Gasteiger partial charge in [0.15, 0.2) is 5.13 Å². The first kappa shape index (κ1) is 18.3. The normalized spacial score (nSPS) is 11.2. The lowest BCUT2D eigenvalue weighted by molar-refractivity contribution is -0.114. The fraction of sp³-hybridized carbons (Fsp3) is 0.0952. The molecule has 0 aliphatic rings. The lowest BCUT2D eigenvalue weighted by atomic mass is 10.2. The van der Waals surface area contributed by atoms with E-state index in [0.29, 0.717) is 11.7 Å². The highest BCUT2D eigenvalue weighted by Crippen LogP contribution is 2.32. The van der Waals surface area contributed by atoms with Crippen LogP contribution in [0.4, 0.5) is 5.13 Å². The second kappa shape index (κ2) is 8.33. The van der Waals surface area contributed by atoms with Gasteiger partial charge in [-0.1, -0.05) is 23.5 Å². The predicted octanol–water partition coefficient (Wildman–Crippen LogP) is 5.01. The molecule has 0 unspecified atom stereocenters. The van der Waals surface area contributed by atoms with E-state index < -0.39 is 0 Å². The number of carbonyl (C=O) groups excluding carboxylic acids is 1. The highest BCUT2D eigenvalue weighted by Gasteiger charge is 2.19. The standard InChI is InChI=1S/C21H17N3O2S2/c1-26-16-6-8-19-18(12-16)23-21(28-19)24(14-15-4-2-10-22-13-15)20(25)9-7-17-5-3-11-27-17/h2-13H,14H2,1H3. The summed E-state index contributed by atoms with van der Waals surface area (Å²) in [5, 5.41) is 2.63. The smallest absolute Gasteiger partial charge is 0.253 e. The molecule has 7 heteroatoms. The van der Waals surface area contributed by atoms with Gasteiger partial charge in [-0.05, 0) is 41.3 Å². The third-order valence-electron chi connectivity index (χ3n) is 4.08. The minimum absolute atomic E-state index is 0.122. The van der Waals surface area contributed by atoms with E-state index in [1.54, 1.807) is 41.8 Å². The van der Waals surface area contributed by atoms with Gasteiger partial charge < -0.3 is 4.74 Å². The van der Waals surface area contributed by atoms with Crippen LogP contribution in [0.15, 0.2) is 66.3 Å². The highest BCUT2D eigenvalue weighted by molar-refractivity contribution is 7.22. The maximum Gasteiger partial charge on any atom is 0.253 e. The number of rotatable bonds is 6. The Morgan fingerprint density at radius 1 is 1.25 bits per heavy atom. The van der Waals surface area contributed by atoms with Gasteiger partial charge in [0, 0.05) is 29.4 Å². The molecule has 4 aromatic rings. The topological polar surface area (TPSA) is 55.3 Å². The molecular weight excluding hydrogens is 390 g/mol. The van der Waals surface area contributed by atoms with E-state index in [-0.39, 0.29) is 5.91 Å². The molecule has 4 rings (SSSR count). The molecule has 3 aromatic heterocycles. The molecule has 140 valence electrons. The van der Waals surface area contributed by atoms with Crippen molar-refractivity contribution >= 4 is 50.0 Å². The minimum Gasteiger partial charge on any atom is -0.497 e. The van der Waals surface area contributed by atoms with Crippen LogP contribution in [0.3, 0.4) is 0 Å². The molecule has 0 aliphatic heterocycles. The van der Waals surface area contributed by atoms with Gasteiger partial charge in [0.25, 0.3) is 5.91 Å². The predicted molar refractivity (Wildman–Crippen MR) is 115 cm³/mol. The van der Waals surface area contributed by atoms with E-state index in [1.165, 1.54) is 11.3 Å². The van der Waals surface area contributed by atoms with Crippen molar-refractivity contribution in [2.75, 3.05) is 12.0 Å². The summed E-state index contributed by atoms with van der Waals surface area (Å²) >= 11 is 3.07. The number of carbonyl (C=O) groups is 1. The number of ether oxygens (including phenoxy) is 1. The largest absolute Gasteiger partial charge is 0.497 e. The Bertz CT molecular complexity index is 1110. The quantitative estimate of drug-likeness (QED) is 0.422. The Labute approximate surface area is 170 Å². The molecular formula is C21H17N3O2S2. The number of amides is 1. The molecule has 0 radical (unpaired) electrons. The third-order valence-corrected chi connectivity index (χ3v) is 5.97.